The number of benzene rings is 1. The van der Waals surface area contributed by atoms with E-state index in [-0.39, 0.29) is 11.3 Å². The Bertz CT molecular complexity index is 777. The lowest BCUT2D eigenvalue weighted by Crippen LogP contribution is -2.06. The van der Waals surface area contributed by atoms with Gasteiger partial charge in [0.25, 0.3) is 0 Å². The summed E-state index contributed by atoms with van der Waals surface area (Å²) in [7, 11) is 0. The molecule has 0 unspecified atom stereocenters. The third-order valence-electron chi connectivity index (χ3n) is 2.85. The highest BCUT2D eigenvalue weighted by Crippen LogP contribution is 2.33. The molecule has 3 rings (SSSR count). The Kier molecular flexibility index (Phi) is 2.63. The first-order valence-corrected chi connectivity index (χ1v) is 5.73. The molecule has 2 N–H and O–H groups in total. The lowest BCUT2D eigenvalue weighted by molar-refractivity contribution is -0.137. The van der Waals surface area contributed by atoms with E-state index in [0.717, 1.165) is 12.1 Å². The van der Waals surface area contributed by atoms with E-state index < -0.39 is 11.7 Å². The molecule has 0 saturated heterocycles. The van der Waals surface area contributed by atoms with Crippen LogP contribution in [0.15, 0.2) is 42.6 Å². The largest absolute Gasteiger partial charge is 0.416 e. The Morgan fingerprint density at radius 1 is 1.05 bits per heavy atom. The smallest absolute Gasteiger partial charge is 0.399 e. The van der Waals surface area contributed by atoms with E-state index >= 15 is 0 Å². The number of aromatic nitrogens is 3. The Morgan fingerprint density at radius 3 is 2.60 bits per heavy atom. The van der Waals surface area contributed by atoms with Crippen molar-refractivity contribution in [2.24, 2.45) is 0 Å². The first-order chi connectivity index (χ1) is 9.45. The molecular weight excluding hydrogens is 269 g/mol. The monoisotopic (exact) mass is 278 g/mol. The van der Waals surface area contributed by atoms with Gasteiger partial charge in [0.2, 0.25) is 0 Å². The van der Waals surface area contributed by atoms with Crippen molar-refractivity contribution in [2.75, 3.05) is 5.73 Å². The average Bonchev–Trinajstić information content (AvgIpc) is 2.80. The topological polar surface area (TPSA) is 56.2 Å². The number of anilines is 1. The van der Waals surface area contributed by atoms with Crippen LogP contribution in [0.4, 0.5) is 18.9 Å². The standard InChI is InChI=1S/C13H9F3N4/c14-13(15,16)9-5-8(6-10(17)7-9)12-19-18-11-3-1-2-4-20(11)12/h1-7H,17H2. The molecule has 1 aromatic carbocycles. The van der Waals surface area contributed by atoms with Gasteiger partial charge in [-0.15, -0.1) is 10.2 Å². The van der Waals surface area contributed by atoms with E-state index in [1.165, 1.54) is 6.07 Å². The number of hydrogen-bond donors (Lipinski definition) is 1. The summed E-state index contributed by atoms with van der Waals surface area (Å²) in [6, 6.07) is 8.59. The van der Waals surface area contributed by atoms with Crippen LogP contribution in [0.25, 0.3) is 17.0 Å². The van der Waals surface area contributed by atoms with Gasteiger partial charge in [0, 0.05) is 17.4 Å². The molecule has 102 valence electrons. The molecule has 0 aliphatic carbocycles. The molecule has 0 fully saturated rings. The number of pyridine rings is 1. The predicted octanol–water partition coefficient (Wildman–Crippen LogP) is 3.00. The lowest BCUT2D eigenvalue weighted by atomic mass is 10.1. The quantitative estimate of drug-likeness (QED) is 0.696. The third-order valence-corrected chi connectivity index (χ3v) is 2.85. The van der Waals surface area contributed by atoms with Crippen molar-refractivity contribution in [3.63, 3.8) is 0 Å². The Hall–Kier alpha value is -2.57. The van der Waals surface area contributed by atoms with Crippen molar-refractivity contribution in [1.82, 2.24) is 14.6 Å². The average molecular weight is 278 g/mol. The fourth-order valence-corrected chi connectivity index (χ4v) is 1.98. The molecule has 2 heterocycles. The number of rotatable bonds is 1. The van der Waals surface area contributed by atoms with Crippen molar-refractivity contribution < 1.29 is 13.2 Å². The molecule has 20 heavy (non-hydrogen) atoms. The molecule has 0 radical (unpaired) electrons. The number of nitrogens with two attached hydrogens (primary N) is 1. The first kappa shape index (κ1) is 12.5. The Balaban J connectivity index is 2.22. The van der Waals surface area contributed by atoms with Gasteiger partial charge in [-0.2, -0.15) is 13.2 Å². The number of nitrogens with zero attached hydrogens (tertiary/aromatic N) is 3. The maximum absolute atomic E-state index is 12.8. The van der Waals surface area contributed by atoms with Crippen LogP contribution in [0.2, 0.25) is 0 Å². The van der Waals surface area contributed by atoms with E-state index in [1.54, 1.807) is 28.8 Å². The van der Waals surface area contributed by atoms with Crippen molar-refractivity contribution >= 4 is 11.3 Å². The molecule has 0 saturated carbocycles. The summed E-state index contributed by atoms with van der Waals surface area (Å²) in [4.78, 5) is 0. The van der Waals surface area contributed by atoms with Gasteiger partial charge in [0.1, 0.15) is 0 Å². The number of alkyl halides is 3. The SMILES string of the molecule is Nc1cc(-c2nnc3ccccn23)cc(C(F)(F)F)c1. The molecule has 0 spiro atoms. The highest BCUT2D eigenvalue weighted by atomic mass is 19.4. The molecule has 4 nitrogen and oxygen atoms in total. The van der Waals surface area contributed by atoms with Gasteiger partial charge in [-0.25, -0.2) is 0 Å². The molecule has 7 heteroatoms. The predicted molar refractivity (Wildman–Crippen MR) is 67.8 cm³/mol. The molecule has 0 amide bonds. The molecule has 0 bridgehead atoms. The van der Waals surface area contributed by atoms with Crippen LogP contribution in [0, 0.1) is 0 Å². The molecular formula is C13H9F3N4. The van der Waals surface area contributed by atoms with Crippen LogP contribution < -0.4 is 5.73 Å². The molecule has 0 aliphatic rings. The fourth-order valence-electron chi connectivity index (χ4n) is 1.98. The van der Waals surface area contributed by atoms with Crippen LogP contribution in [-0.4, -0.2) is 14.6 Å². The normalized spacial score (nSPS) is 11.9. The highest BCUT2D eigenvalue weighted by molar-refractivity contribution is 5.65. The summed E-state index contributed by atoms with van der Waals surface area (Å²) in [6.07, 6.45) is -2.77. The second-order valence-electron chi connectivity index (χ2n) is 4.29. The first-order valence-electron chi connectivity index (χ1n) is 5.73. The summed E-state index contributed by atoms with van der Waals surface area (Å²) in [5.74, 6) is 0.318. The van der Waals surface area contributed by atoms with Crippen LogP contribution in [0.3, 0.4) is 0 Å². The fraction of sp³-hybridized carbons (Fsp3) is 0.0769. The van der Waals surface area contributed by atoms with Gasteiger partial charge in [-0.05, 0) is 30.3 Å². The lowest BCUT2D eigenvalue weighted by Gasteiger charge is -2.09. The van der Waals surface area contributed by atoms with Crippen molar-refractivity contribution in [2.45, 2.75) is 6.18 Å². The summed E-state index contributed by atoms with van der Waals surface area (Å²) >= 11 is 0. The summed E-state index contributed by atoms with van der Waals surface area (Å²) in [5.41, 5.74) is 5.60. The number of halogens is 3. The van der Waals surface area contributed by atoms with Crippen LogP contribution in [-0.2, 0) is 6.18 Å². The van der Waals surface area contributed by atoms with Gasteiger partial charge in [0.15, 0.2) is 11.5 Å². The van der Waals surface area contributed by atoms with Crippen LogP contribution in [0.1, 0.15) is 5.56 Å². The second-order valence-corrected chi connectivity index (χ2v) is 4.29. The van der Waals surface area contributed by atoms with Crippen LogP contribution >= 0.6 is 0 Å². The van der Waals surface area contributed by atoms with Crippen molar-refractivity contribution in [1.29, 1.82) is 0 Å². The van der Waals surface area contributed by atoms with E-state index in [1.807, 2.05) is 0 Å². The minimum atomic E-state index is -4.45. The van der Waals surface area contributed by atoms with Gasteiger partial charge in [-0.1, -0.05) is 6.07 Å². The second kappa shape index (κ2) is 4.22. The highest BCUT2D eigenvalue weighted by Gasteiger charge is 2.31. The van der Waals surface area contributed by atoms with Crippen LogP contribution in [0.5, 0.6) is 0 Å². The zero-order chi connectivity index (χ0) is 14.3. The number of nitrogen functional groups attached to an aromatic ring is 1. The van der Waals surface area contributed by atoms with Gasteiger partial charge in [0.05, 0.1) is 5.56 Å². The van der Waals surface area contributed by atoms with Crippen molar-refractivity contribution in [3.8, 4) is 11.4 Å². The van der Waals surface area contributed by atoms with E-state index in [9.17, 15) is 13.2 Å². The maximum atomic E-state index is 12.8. The Morgan fingerprint density at radius 2 is 1.85 bits per heavy atom. The summed E-state index contributed by atoms with van der Waals surface area (Å²) in [6.45, 7) is 0. The van der Waals surface area contributed by atoms with E-state index in [0.29, 0.717) is 11.5 Å². The van der Waals surface area contributed by atoms with Gasteiger partial charge in [-0.3, -0.25) is 4.40 Å². The maximum Gasteiger partial charge on any atom is 0.416 e. The third kappa shape index (κ3) is 2.07. The summed E-state index contributed by atoms with van der Waals surface area (Å²) < 4.78 is 40.0. The van der Waals surface area contributed by atoms with E-state index in [2.05, 4.69) is 10.2 Å². The zero-order valence-corrected chi connectivity index (χ0v) is 10.1. The summed E-state index contributed by atoms with van der Waals surface area (Å²) in [5, 5.41) is 7.83. The number of hydrogen-bond acceptors (Lipinski definition) is 3. The van der Waals surface area contributed by atoms with E-state index in [4.69, 9.17) is 5.73 Å². The Labute approximate surface area is 111 Å². The van der Waals surface area contributed by atoms with Gasteiger partial charge >= 0.3 is 6.18 Å². The zero-order valence-electron chi connectivity index (χ0n) is 10.1. The minimum Gasteiger partial charge on any atom is -0.399 e. The van der Waals surface area contributed by atoms with Crippen molar-refractivity contribution in [3.05, 3.63) is 48.2 Å². The molecule has 0 aliphatic heterocycles. The number of fused-ring (bicyclic) bond motifs is 1. The van der Waals surface area contributed by atoms with Gasteiger partial charge < -0.3 is 5.73 Å². The minimum absolute atomic E-state index is 0.0301. The molecule has 0 atom stereocenters. The molecule has 3 aromatic rings. The molecule has 2 aromatic heterocycles.